The number of primary amides is 1. The van der Waals surface area contributed by atoms with Crippen LogP contribution in [0.1, 0.15) is 16.1 Å². The Hall–Kier alpha value is -2.96. The van der Waals surface area contributed by atoms with E-state index in [0.717, 1.165) is 22.4 Å². The summed E-state index contributed by atoms with van der Waals surface area (Å²) in [4.78, 5) is 16.5. The molecule has 4 rings (SSSR count). The maximum atomic E-state index is 11.9. The monoisotopic (exact) mass is 394 g/mol. The van der Waals surface area contributed by atoms with E-state index < -0.39 is 5.91 Å². The van der Waals surface area contributed by atoms with Crippen molar-refractivity contribution in [3.63, 3.8) is 0 Å². The quantitative estimate of drug-likeness (QED) is 0.544. The van der Waals surface area contributed by atoms with Gasteiger partial charge in [0, 0.05) is 21.5 Å². The maximum absolute atomic E-state index is 11.9. The van der Waals surface area contributed by atoms with Crippen molar-refractivity contribution in [2.45, 2.75) is 6.92 Å². The van der Waals surface area contributed by atoms with Gasteiger partial charge in [-0.25, -0.2) is 4.98 Å². The van der Waals surface area contributed by atoms with E-state index in [0.29, 0.717) is 21.5 Å². The standard InChI is InChI=1S/C20H15ClN4OS/c1-12-2-4-13(5-3-12)16-10-18(19(22)26)25(24-16)20-23-17(11-27-20)14-6-8-15(21)9-7-14/h2-11H,1H3,(H2,22,26). The normalized spacial score (nSPS) is 10.9. The average Bonchev–Trinajstić information content (AvgIpc) is 3.30. The lowest BCUT2D eigenvalue weighted by Gasteiger charge is -2.00. The molecule has 0 atom stereocenters. The highest BCUT2D eigenvalue weighted by Crippen LogP contribution is 2.28. The van der Waals surface area contributed by atoms with Crippen LogP contribution in [0.5, 0.6) is 0 Å². The van der Waals surface area contributed by atoms with Crippen LogP contribution in [0, 0.1) is 6.92 Å². The first-order chi connectivity index (χ1) is 13.0. The van der Waals surface area contributed by atoms with Crippen LogP contribution in [0.2, 0.25) is 5.02 Å². The first-order valence-corrected chi connectivity index (χ1v) is 9.46. The summed E-state index contributed by atoms with van der Waals surface area (Å²) in [6.07, 6.45) is 0. The van der Waals surface area contributed by atoms with Crippen LogP contribution in [-0.2, 0) is 0 Å². The van der Waals surface area contributed by atoms with E-state index in [1.54, 1.807) is 6.07 Å². The van der Waals surface area contributed by atoms with Gasteiger partial charge in [-0.05, 0) is 25.1 Å². The van der Waals surface area contributed by atoms with Gasteiger partial charge >= 0.3 is 0 Å². The fourth-order valence-electron chi connectivity index (χ4n) is 2.68. The van der Waals surface area contributed by atoms with E-state index in [9.17, 15) is 4.79 Å². The van der Waals surface area contributed by atoms with E-state index in [-0.39, 0.29) is 0 Å². The van der Waals surface area contributed by atoms with Gasteiger partial charge in [-0.15, -0.1) is 11.3 Å². The first kappa shape index (κ1) is 17.5. The van der Waals surface area contributed by atoms with Gasteiger partial charge in [0.15, 0.2) is 0 Å². The fraction of sp³-hybridized carbons (Fsp3) is 0.0500. The molecule has 0 unspecified atom stereocenters. The Bertz CT molecular complexity index is 1110. The van der Waals surface area contributed by atoms with E-state index in [4.69, 9.17) is 17.3 Å². The van der Waals surface area contributed by atoms with Crippen LogP contribution in [0.15, 0.2) is 60.0 Å². The van der Waals surface area contributed by atoms with Crippen LogP contribution in [0.4, 0.5) is 0 Å². The highest BCUT2D eigenvalue weighted by Gasteiger charge is 2.18. The summed E-state index contributed by atoms with van der Waals surface area (Å²) in [6, 6.07) is 17.1. The van der Waals surface area contributed by atoms with Gasteiger partial charge in [-0.1, -0.05) is 53.6 Å². The van der Waals surface area contributed by atoms with Crippen molar-refractivity contribution in [2.24, 2.45) is 5.73 Å². The number of amides is 1. The van der Waals surface area contributed by atoms with Crippen LogP contribution in [0.25, 0.3) is 27.6 Å². The Morgan fingerprint density at radius 3 is 2.33 bits per heavy atom. The minimum absolute atomic E-state index is 0.294. The number of nitrogens with two attached hydrogens (primary N) is 1. The lowest BCUT2D eigenvalue weighted by molar-refractivity contribution is 0.0993. The maximum Gasteiger partial charge on any atom is 0.267 e. The van der Waals surface area contributed by atoms with Crippen molar-refractivity contribution in [1.82, 2.24) is 14.8 Å². The second-order valence-electron chi connectivity index (χ2n) is 6.08. The summed E-state index contributed by atoms with van der Waals surface area (Å²) in [6.45, 7) is 2.02. The molecule has 0 saturated carbocycles. The molecule has 7 heteroatoms. The van der Waals surface area contributed by atoms with Gasteiger partial charge < -0.3 is 5.73 Å². The Morgan fingerprint density at radius 2 is 1.67 bits per heavy atom. The van der Waals surface area contributed by atoms with Crippen molar-refractivity contribution in [3.8, 4) is 27.6 Å². The minimum Gasteiger partial charge on any atom is -0.364 e. The summed E-state index contributed by atoms with van der Waals surface area (Å²) in [7, 11) is 0. The predicted octanol–water partition coefficient (Wildman–Crippen LogP) is 4.72. The van der Waals surface area contributed by atoms with Crippen LogP contribution < -0.4 is 5.73 Å². The number of halogens is 1. The topological polar surface area (TPSA) is 73.8 Å². The van der Waals surface area contributed by atoms with Gasteiger partial charge in [-0.3, -0.25) is 4.79 Å². The molecule has 1 amide bonds. The third kappa shape index (κ3) is 3.49. The molecular weight excluding hydrogens is 380 g/mol. The van der Waals surface area contributed by atoms with Crippen LogP contribution in [0.3, 0.4) is 0 Å². The number of carbonyl (C=O) groups excluding carboxylic acids is 1. The third-order valence-corrected chi connectivity index (χ3v) is 5.19. The number of nitrogens with zero attached hydrogens (tertiary/aromatic N) is 3. The molecule has 0 spiro atoms. The minimum atomic E-state index is -0.552. The zero-order chi connectivity index (χ0) is 19.0. The van der Waals surface area contributed by atoms with Gasteiger partial charge in [0.05, 0.1) is 11.4 Å². The Labute approximate surface area is 165 Å². The number of hydrogen-bond donors (Lipinski definition) is 1. The molecule has 0 radical (unpaired) electrons. The smallest absolute Gasteiger partial charge is 0.267 e. The van der Waals surface area contributed by atoms with Gasteiger partial charge in [0.2, 0.25) is 5.13 Å². The summed E-state index contributed by atoms with van der Waals surface area (Å²) >= 11 is 7.34. The molecule has 0 aliphatic rings. The van der Waals surface area contributed by atoms with Crippen LogP contribution >= 0.6 is 22.9 Å². The second kappa shape index (κ2) is 6.98. The molecule has 0 fully saturated rings. The van der Waals surface area contributed by atoms with Gasteiger partial charge in [0.25, 0.3) is 5.91 Å². The molecule has 5 nitrogen and oxygen atoms in total. The molecule has 2 N–H and O–H groups in total. The molecular formula is C20H15ClN4OS. The number of aromatic nitrogens is 3. The molecule has 2 aromatic carbocycles. The summed E-state index contributed by atoms with van der Waals surface area (Å²) < 4.78 is 1.50. The lowest BCUT2D eigenvalue weighted by atomic mass is 10.1. The van der Waals surface area contributed by atoms with E-state index in [1.165, 1.54) is 16.0 Å². The molecule has 2 aromatic heterocycles. The summed E-state index contributed by atoms with van der Waals surface area (Å²) in [5.41, 5.74) is 10.3. The predicted molar refractivity (Wildman–Crippen MR) is 108 cm³/mol. The molecule has 0 bridgehead atoms. The summed E-state index contributed by atoms with van der Waals surface area (Å²) in [5, 5.41) is 7.72. The first-order valence-electron chi connectivity index (χ1n) is 8.20. The molecule has 0 aliphatic carbocycles. The molecule has 0 aliphatic heterocycles. The molecule has 27 heavy (non-hydrogen) atoms. The van der Waals surface area contributed by atoms with Crippen molar-refractivity contribution in [1.29, 1.82) is 0 Å². The largest absolute Gasteiger partial charge is 0.364 e. The molecule has 0 saturated heterocycles. The number of rotatable bonds is 4. The zero-order valence-electron chi connectivity index (χ0n) is 14.4. The Kier molecular flexibility index (Phi) is 4.51. The highest BCUT2D eigenvalue weighted by atomic mass is 35.5. The SMILES string of the molecule is Cc1ccc(-c2cc(C(N)=O)n(-c3nc(-c4ccc(Cl)cc4)cs3)n2)cc1. The number of thiazole rings is 1. The Morgan fingerprint density at radius 1 is 1.04 bits per heavy atom. The number of hydrogen-bond acceptors (Lipinski definition) is 4. The highest BCUT2D eigenvalue weighted by molar-refractivity contribution is 7.12. The third-order valence-electron chi connectivity index (χ3n) is 4.12. The van der Waals surface area contributed by atoms with E-state index in [2.05, 4.69) is 10.1 Å². The van der Waals surface area contributed by atoms with Crippen LogP contribution in [-0.4, -0.2) is 20.7 Å². The van der Waals surface area contributed by atoms with Crippen molar-refractivity contribution < 1.29 is 4.79 Å². The number of aryl methyl sites for hydroxylation is 1. The van der Waals surface area contributed by atoms with E-state index in [1.807, 2.05) is 60.8 Å². The Balaban J connectivity index is 1.76. The van der Waals surface area contributed by atoms with Gasteiger partial charge in [-0.2, -0.15) is 9.78 Å². The number of carbonyl (C=O) groups is 1. The molecule has 2 heterocycles. The van der Waals surface area contributed by atoms with E-state index >= 15 is 0 Å². The summed E-state index contributed by atoms with van der Waals surface area (Å²) in [5.74, 6) is -0.552. The van der Waals surface area contributed by atoms with Crippen molar-refractivity contribution in [2.75, 3.05) is 0 Å². The zero-order valence-corrected chi connectivity index (χ0v) is 16.0. The molecule has 4 aromatic rings. The average molecular weight is 395 g/mol. The fourth-order valence-corrected chi connectivity index (χ4v) is 3.60. The molecule has 134 valence electrons. The van der Waals surface area contributed by atoms with Crippen molar-refractivity contribution >= 4 is 28.8 Å². The number of benzene rings is 2. The van der Waals surface area contributed by atoms with Crippen molar-refractivity contribution in [3.05, 3.63) is 76.3 Å². The van der Waals surface area contributed by atoms with Gasteiger partial charge in [0.1, 0.15) is 5.69 Å². The lowest BCUT2D eigenvalue weighted by Crippen LogP contribution is -2.16. The second-order valence-corrected chi connectivity index (χ2v) is 7.35.